The molecule has 1 heterocycles. The molecule has 1 aliphatic carbocycles. The largest absolute Gasteiger partial charge is 0.343 e. The Bertz CT molecular complexity index is 896. The topological polar surface area (TPSA) is 54.5 Å². The number of likely N-dealkylation sites (tertiary alicyclic amines) is 1. The molecule has 30 heavy (non-hydrogen) atoms. The molecule has 0 radical (unpaired) electrons. The van der Waals surface area contributed by atoms with Gasteiger partial charge in [0, 0.05) is 37.9 Å². The fourth-order valence-corrected chi connectivity index (χ4v) is 5.12. The third-order valence-corrected chi connectivity index (χ3v) is 6.63. The minimum atomic E-state index is -0.661. The lowest BCUT2D eigenvalue weighted by Crippen LogP contribution is -2.48. The van der Waals surface area contributed by atoms with Crippen molar-refractivity contribution in [2.45, 2.75) is 65.2 Å². The van der Waals surface area contributed by atoms with Crippen LogP contribution in [0.25, 0.3) is 0 Å². The van der Waals surface area contributed by atoms with Crippen LogP contribution in [0.5, 0.6) is 0 Å². The van der Waals surface area contributed by atoms with Crippen molar-refractivity contribution < 1.29 is 14.4 Å². The highest BCUT2D eigenvalue weighted by Crippen LogP contribution is 2.46. The molecule has 4 heteroatoms. The predicted molar refractivity (Wildman–Crippen MR) is 118 cm³/mol. The minimum absolute atomic E-state index is 0.0261. The highest BCUT2D eigenvalue weighted by Gasteiger charge is 2.47. The van der Waals surface area contributed by atoms with Crippen LogP contribution < -0.4 is 0 Å². The van der Waals surface area contributed by atoms with Gasteiger partial charge in [0.15, 0.2) is 0 Å². The number of amides is 1. The zero-order valence-electron chi connectivity index (χ0n) is 18.3. The Balaban J connectivity index is 1.75. The van der Waals surface area contributed by atoms with Crippen molar-refractivity contribution in [2.75, 3.05) is 13.1 Å². The summed E-state index contributed by atoms with van der Waals surface area (Å²) in [5.74, 6) is 5.48. The molecule has 2 fully saturated rings. The van der Waals surface area contributed by atoms with Gasteiger partial charge in [0.1, 0.15) is 17.5 Å². The van der Waals surface area contributed by atoms with Crippen LogP contribution in [0.1, 0.15) is 73.6 Å². The Hall–Kier alpha value is -2.67. The van der Waals surface area contributed by atoms with Crippen LogP contribution >= 0.6 is 0 Å². The van der Waals surface area contributed by atoms with Crippen LogP contribution in [0, 0.1) is 31.1 Å². The zero-order chi connectivity index (χ0) is 21.9. The fraction of sp³-hybridized carbons (Fsp3) is 0.500. The van der Waals surface area contributed by atoms with Crippen molar-refractivity contribution in [3.05, 3.63) is 47.0 Å². The molecule has 1 aliphatic heterocycles. The maximum atomic E-state index is 13.2. The van der Waals surface area contributed by atoms with E-state index >= 15 is 0 Å². The summed E-state index contributed by atoms with van der Waals surface area (Å²) < 4.78 is 0. The van der Waals surface area contributed by atoms with Crippen LogP contribution in [0.4, 0.5) is 0 Å². The number of hydrogen-bond acceptors (Lipinski definition) is 3. The van der Waals surface area contributed by atoms with Gasteiger partial charge >= 0.3 is 0 Å². The quantitative estimate of drug-likeness (QED) is 0.427. The summed E-state index contributed by atoms with van der Waals surface area (Å²) in [6.45, 7) is 10.6. The molecule has 158 valence electrons. The standard InChI is InChI=1S/C26H31NO3/c1-5-7-9-23(30)27-12-10-26(11-13-27)16-21(28)25(22(29)17-26)24-18(3)14-20(8-6-2)15-19(24)4/h5,14-15,25H,1,7,9-13,16-17H2,2-4H3. The number of rotatable bonds is 4. The first-order chi connectivity index (χ1) is 14.3. The second kappa shape index (κ2) is 9.00. The highest BCUT2D eigenvalue weighted by molar-refractivity contribution is 6.10. The van der Waals surface area contributed by atoms with E-state index in [9.17, 15) is 14.4 Å². The number of carbonyl (C=O) groups excluding carboxylic acids is 3. The number of benzene rings is 1. The third kappa shape index (κ3) is 4.41. The molecule has 0 bridgehead atoms. The summed E-state index contributed by atoms with van der Waals surface area (Å²) in [5, 5.41) is 0. The van der Waals surface area contributed by atoms with Gasteiger partial charge in [-0.25, -0.2) is 0 Å². The van der Waals surface area contributed by atoms with E-state index in [0.717, 1.165) is 35.1 Å². The van der Waals surface area contributed by atoms with Crippen molar-refractivity contribution in [2.24, 2.45) is 5.41 Å². The minimum Gasteiger partial charge on any atom is -0.343 e. The Morgan fingerprint density at radius 2 is 1.73 bits per heavy atom. The normalized spacial score (nSPS) is 18.8. The van der Waals surface area contributed by atoms with Crippen molar-refractivity contribution >= 4 is 17.5 Å². The number of carbonyl (C=O) groups is 3. The van der Waals surface area contributed by atoms with Crippen LogP contribution in [0.15, 0.2) is 24.8 Å². The lowest BCUT2D eigenvalue weighted by molar-refractivity contribution is -0.140. The number of ketones is 2. The van der Waals surface area contributed by atoms with Gasteiger partial charge in [-0.3, -0.25) is 14.4 Å². The highest BCUT2D eigenvalue weighted by atomic mass is 16.2. The van der Waals surface area contributed by atoms with E-state index in [1.165, 1.54) is 0 Å². The number of aryl methyl sites for hydroxylation is 2. The maximum absolute atomic E-state index is 13.2. The van der Waals surface area contributed by atoms with E-state index in [0.29, 0.717) is 38.8 Å². The molecular weight excluding hydrogens is 374 g/mol. The zero-order valence-corrected chi connectivity index (χ0v) is 18.3. The summed E-state index contributed by atoms with van der Waals surface area (Å²) in [6.07, 6.45) is 5.21. The molecule has 0 unspecified atom stereocenters. The second-order valence-corrected chi connectivity index (χ2v) is 8.83. The first kappa shape index (κ1) is 22.0. The summed E-state index contributed by atoms with van der Waals surface area (Å²) in [5.41, 5.74) is 3.40. The molecule has 1 amide bonds. The molecule has 0 N–H and O–H groups in total. The summed E-state index contributed by atoms with van der Waals surface area (Å²) in [6, 6.07) is 3.94. The maximum Gasteiger partial charge on any atom is 0.222 e. The van der Waals surface area contributed by atoms with E-state index in [1.807, 2.05) is 30.9 Å². The Kier molecular flexibility index (Phi) is 6.61. The van der Waals surface area contributed by atoms with E-state index in [1.54, 1.807) is 13.0 Å². The Morgan fingerprint density at radius 1 is 1.17 bits per heavy atom. The van der Waals surface area contributed by atoms with Crippen molar-refractivity contribution in [1.82, 2.24) is 4.90 Å². The van der Waals surface area contributed by atoms with E-state index in [4.69, 9.17) is 0 Å². The number of piperidine rings is 1. The van der Waals surface area contributed by atoms with Crippen molar-refractivity contribution in [3.8, 4) is 11.8 Å². The van der Waals surface area contributed by atoms with E-state index in [-0.39, 0.29) is 22.9 Å². The summed E-state index contributed by atoms with van der Waals surface area (Å²) in [4.78, 5) is 40.6. The van der Waals surface area contributed by atoms with Gasteiger partial charge in [0.25, 0.3) is 0 Å². The van der Waals surface area contributed by atoms with Gasteiger partial charge in [-0.1, -0.05) is 12.0 Å². The molecule has 4 nitrogen and oxygen atoms in total. The molecule has 0 aromatic heterocycles. The van der Waals surface area contributed by atoms with Gasteiger partial charge in [-0.15, -0.1) is 12.5 Å². The second-order valence-electron chi connectivity index (χ2n) is 8.83. The van der Waals surface area contributed by atoms with Gasteiger partial charge in [-0.2, -0.15) is 0 Å². The summed E-state index contributed by atoms with van der Waals surface area (Å²) >= 11 is 0. The van der Waals surface area contributed by atoms with Crippen molar-refractivity contribution in [1.29, 1.82) is 0 Å². The average molecular weight is 406 g/mol. The van der Waals surface area contributed by atoms with Crippen LogP contribution in [-0.4, -0.2) is 35.5 Å². The van der Waals surface area contributed by atoms with Crippen molar-refractivity contribution in [3.63, 3.8) is 0 Å². The first-order valence-electron chi connectivity index (χ1n) is 10.8. The van der Waals surface area contributed by atoms with E-state index < -0.39 is 5.92 Å². The molecular formula is C26H31NO3. The predicted octanol–water partition coefficient (Wildman–Crippen LogP) is 4.27. The van der Waals surface area contributed by atoms with Crippen LogP contribution in [-0.2, 0) is 14.4 Å². The van der Waals surface area contributed by atoms with Gasteiger partial charge in [0.05, 0.1) is 0 Å². The molecule has 1 spiro atoms. The number of Topliss-reactive ketones (excluding diaryl/α,β-unsaturated/α-hetero) is 2. The molecule has 1 saturated heterocycles. The molecule has 1 aromatic rings. The van der Waals surface area contributed by atoms with Crippen LogP contribution in [0.3, 0.4) is 0 Å². The monoisotopic (exact) mass is 405 g/mol. The first-order valence-corrected chi connectivity index (χ1v) is 10.8. The Labute approximate surface area is 179 Å². The number of nitrogens with zero attached hydrogens (tertiary/aromatic N) is 1. The fourth-order valence-electron chi connectivity index (χ4n) is 5.12. The Morgan fingerprint density at radius 3 is 2.23 bits per heavy atom. The van der Waals surface area contributed by atoms with E-state index in [2.05, 4.69) is 18.4 Å². The lowest BCUT2D eigenvalue weighted by Gasteiger charge is -2.44. The van der Waals surface area contributed by atoms with Gasteiger partial charge < -0.3 is 4.90 Å². The number of hydrogen-bond donors (Lipinski definition) is 0. The smallest absolute Gasteiger partial charge is 0.222 e. The average Bonchev–Trinajstić information content (AvgIpc) is 2.68. The molecule has 0 atom stereocenters. The molecule has 3 rings (SSSR count). The molecule has 1 saturated carbocycles. The number of allylic oxidation sites excluding steroid dienone is 1. The van der Waals surface area contributed by atoms with Gasteiger partial charge in [-0.05, 0) is 74.3 Å². The van der Waals surface area contributed by atoms with Crippen LogP contribution in [0.2, 0.25) is 0 Å². The molecule has 1 aromatic carbocycles. The summed E-state index contributed by atoms with van der Waals surface area (Å²) in [7, 11) is 0. The van der Waals surface area contributed by atoms with Gasteiger partial charge in [0.2, 0.25) is 5.91 Å². The third-order valence-electron chi connectivity index (χ3n) is 6.63. The lowest BCUT2D eigenvalue weighted by atomic mass is 9.62. The SMILES string of the molecule is C=CCCC(=O)N1CCC2(CC1)CC(=O)C(c1c(C)cc(C#CC)cc1C)C(=O)C2. The molecule has 2 aliphatic rings.